The van der Waals surface area contributed by atoms with E-state index in [0.29, 0.717) is 11.5 Å². The van der Waals surface area contributed by atoms with Gasteiger partial charge in [0.2, 0.25) is 0 Å². The molecule has 0 atom stereocenters. The van der Waals surface area contributed by atoms with Gasteiger partial charge in [-0.15, -0.1) is 0 Å². The molecule has 2 aromatic rings. The lowest BCUT2D eigenvalue weighted by Gasteiger charge is -2.10. The van der Waals surface area contributed by atoms with E-state index in [1.54, 1.807) is 12.1 Å². The molecular formula is C12H9O5S-. The average Bonchev–Trinajstić information content (AvgIpc) is 2.31. The highest BCUT2D eigenvalue weighted by molar-refractivity contribution is 7.81. The highest BCUT2D eigenvalue weighted by atomic mass is 32.3. The van der Waals surface area contributed by atoms with E-state index < -0.39 is 10.4 Å². The maximum absolute atomic E-state index is 10.4. The maximum atomic E-state index is 10.4. The number of hydrogen-bond donors (Lipinski definition) is 0. The van der Waals surface area contributed by atoms with Gasteiger partial charge in [-0.1, -0.05) is 18.2 Å². The molecule has 6 heteroatoms. The molecule has 0 aliphatic heterocycles. The van der Waals surface area contributed by atoms with Gasteiger partial charge >= 0.3 is 0 Å². The fraction of sp³-hybridized carbons (Fsp3) is 0. The van der Waals surface area contributed by atoms with Crippen molar-refractivity contribution in [1.82, 2.24) is 0 Å². The van der Waals surface area contributed by atoms with Crippen molar-refractivity contribution >= 4 is 10.4 Å². The number of hydrogen-bond acceptors (Lipinski definition) is 5. The van der Waals surface area contributed by atoms with E-state index in [1.165, 1.54) is 24.3 Å². The summed E-state index contributed by atoms with van der Waals surface area (Å²) in [4.78, 5) is 0. The highest BCUT2D eigenvalue weighted by Crippen LogP contribution is 2.23. The van der Waals surface area contributed by atoms with Gasteiger partial charge in [-0.3, -0.25) is 0 Å². The van der Waals surface area contributed by atoms with Gasteiger partial charge in [0.15, 0.2) is 0 Å². The Kier molecular flexibility index (Phi) is 3.50. The molecule has 0 heterocycles. The zero-order valence-corrected chi connectivity index (χ0v) is 9.96. The van der Waals surface area contributed by atoms with Gasteiger partial charge in [0.1, 0.15) is 17.2 Å². The van der Waals surface area contributed by atoms with Gasteiger partial charge in [-0.05, 0) is 36.4 Å². The van der Waals surface area contributed by atoms with E-state index in [9.17, 15) is 13.0 Å². The Morgan fingerprint density at radius 2 is 1.28 bits per heavy atom. The van der Waals surface area contributed by atoms with Crippen LogP contribution in [0.2, 0.25) is 0 Å². The quantitative estimate of drug-likeness (QED) is 0.626. The molecule has 94 valence electrons. The van der Waals surface area contributed by atoms with Gasteiger partial charge in [0, 0.05) is 0 Å². The van der Waals surface area contributed by atoms with Crippen LogP contribution in [0.3, 0.4) is 0 Å². The van der Waals surface area contributed by atoms with Gasteiger partial charge in [0.05, 0.1) is 0 Å². The van der Waals surface area contributed by atoms with E-state index in [2.05, 4.69) is 4.18 Å². The molecule has 0 aliphatic rings. The minimum absolute atomic E-state index is 0.0505. The van der Waals surface area contributed by atoms with Crippen LogP contribution < -0.4 is 8.92 Å². The topological polar surface area (TPSA) is 75.7 Å². The SMILES string of the molecule is O=S(=O)([O-])Oc1ccc(Oc2ccccc2)cc1. The van der Waals surface area contributed by atoms with Crippen molar-refractivity contribution in [2.45, 2.75) is 0 Å². The van der Waals surface area contributed by atoms with Crippen LogP contribution in [0.1, 0.15) is 0 Å². The largest absolute Gasteiger partial charge is 0.716 e. The molecule has 0 spiro atoms. The molecular weight excluding hydrogens is 256 g/mol. The standard InChI is InChI=1S/C12H10O5S/c13-18(14,15)17-12-8-6-11(7-9-12)16-10-4-2-1-3-5-10/h1-9H,(H,13,14,15)/p-1. The summed E-state index contributed by atoms with van der Waals surface area (Å²) >= 11 is 0. The first-order valence-electron chi connectivity index (χ1n) is 5.01. The number of benzene rings is 2. The van der Waals surface area contributed by atoms with Crippen molar-refractivity contribution in [3.63, 3.8) is 0 Å². The van der Waals surface area contributed by atoms with Crippen LogP contribution in [0.5, 0.6) is 17.2 Å². The predicted octanol–water partition coefficient (Wildman–Crippen LogP) is 2.32. The molecule has 0 radical (unpaired) electrons. The van der Waals surface area contributed by atoms with Crippen molar-refractivity contribution in [1.29, 1.82) is 0 Å². The third kappa shape index (κ3) is 3.76. The summed E-state index contributed by atoms with van der Waals surface area (Å²) in [7, 11) is -4.74. The molecule has 0 aliphatic carbocycles. The third-order valence-electron chi connectivity index (χ3n) is 2.00. The molecule has 0 amide bonds. The van der Waals surface area contributed by atoms with Gasteiger partial charge in [-0.2, -0.15) is 0 Å². The first-order chi connectivity index (χ1) is 8.53. The van der Waals surface area contributed by atoms with Gasteiger partial charge in [0.25, 0.3) is 10.4 Å². The van der Waals surface area contributed by atoms with E-state index in [1.807, 2.05) is 18.2 Å². The molecule has 2 rings (SSSR count). The molecule has 2 aromatic carbocycles. The lowest BCUT2D eigenvalue weighted by atomic mass is 10.3. The first kappa shape index (κ1) is 12.4. The van der Waals surface area contributed by atoms with Crippen LogP contribution in [0.4, 0.5) is 0 Å². The molecule has 5 nitrogen and oxygen atoms in total. The van der Waals surface area contributed by atoms with Crippen LogP contribution in [-0.2, 0) is 10.4 Å². The molecule has 18 heavy (non-hydrogen) atoms. The zero-order valence-electron chi connectivity index (χ0n) is 9.15. The van der Waals surface area contributed by atoms with E-state index in [4.69, 9.17) is 4.74 Å². The molecule has 0 saturated carbocycles. The first-order valence-corrected chi connectivity index (χ1v) is 6.34. The van der Waals surface area contributed by atoms with Crippen LogP contribution >= 0.6 is 0 Å². The lowest BCUT2D eigenvalue weighted by Crippen LogP contribution is -2.06. The fourth-order valence-electron chi connectivity index (χ4n) is 1.31. The Morgan fingerprint density at radius 1 is 0.778 bits per heavy atom. The number of rotatable bonds is 4. The van der Waals surface area contributed by atoms with Crippen LogP contribution in [0.15, 0.2) is 54.6 Å². The van der Waals surface area contributed by atoms with E-state index in [-0.39, 0.29) is 5.75 Å². The second-order valence-corrected chi connectivity index (χ2v) is 4.36. The monoisotopic (exact) mass is 265 g/mol. The lowest BCUT2D eigenvalue weighted by molar-refractivity contribution is 0.372. The van der Waals surface area contributed by atoms with Crippen molar-refractivity contribution < 1.29 is 21.9 Å². The molecule has 0 aromatic heterocycles. The smallest absolute Gasteiger partial charge is 0.262 e. The minimum Gasteiger partial charge on any atom is -0.716 e. The summed E-state index contributed by atoms with van der Waals surface area (Å²) in [5.74, 6) is 1.12. The minimum atomic E-state index is -4.74. The summed E-state index contributed by atoms with van der Waals surface area (Å²) in [5.41, 5.74) is 0. The molecule has 0 bridgehead atoms. The second-order valence-electron chi connectivity index (χ2n) is 3.38. The molecule has 0 fully saturated rings. The fourth-order valence-corrected chi connectivity index (χ4v) is 1.65. The van der Waals surface area contributed by atoms with Crippen molar-refractivity contribution in [3.8, 4) is 17.2 Å². The van der Waals surface area contributed by atoms with E-state index in [0.717, 1.165) is 0 Å². The predicted molar refractivity (Wildman–Crippen MR) is 63.3 cm³/mol. The van der Waals surface area contributed by atoms with Crippen molar-refractivity contribution in [2.75, 3.05) is 0 Å². The average molecular weight is 265 g/mol. The van der Waals surface area contributed by atoms with Crippen LogP contribution in [0, 0.1) is 0 Å². The Labute approximate surface area is 105 Å². The normalized spacial score (nSPS) is 10.9. The Hall–Kier alpha value is -2.05. The Bertz CT molecular complexity index is 605. The van der Waals surface area contributed by atoms with Crippen LogP contribution in [0.25, 0.3) is 0 Å². The molecule has 0 saturated heterocycles. The zero-order chi connectivity index (χ0) is 13.0. The summed E-state index contributed by atoms with van der Waals surface area (Å²) in [6, 6.07) is 14.8. The van der Waals surface area contributed by atoms with Crippen LogP contribution in [-0.4, -0.2) is 13.0 Å². The van der Waals surface area contributed by atoms with E-state index >= 15 is 0 Å². The maximum Gasteiger partial charge on any atom is 0.262 e. The van der Waals surface area contributed by atoms with Gasteiger partial charge in [-0.25, -0.2) is 8.42 Å². The summed E-state index contributed by atoms with van der Waals surface area (Å²) in [6.07, 6.45) is 0. The third-order valence-corrected chi connectivity index (χ3v) is 2.40. The number of para-hydroxylation sites is 1. The molecule has 0 N–H and O–H groups in total. The van der Waals surface area contributed by atoms with Crippen molar-refractivity contribution in [3.05, 3.63) is 54.6 Å². The van der Waals surface area contributed by atoms with Crippen molar-refractivity contribution in [2.24, 2.45) is 0 Å². The van der Waals surface area contributed by atoms with Gasteiger partial charge < -0.3 is 13.5 Å². The summed E-state index contributed by atoms with van der Waals surface area (Å²) in [5, 5.41) is 0. The number of ether oxygens (including phenoxy) is 1. The molecule has 0 unspecified atom stereocenters. The highest BCUT2D eigenvalue weighted by Gasteiger charge is 2.00. The summed E-state index contributed by atoms with van der Waals surface area (Å²) in [6.45, 7) is 0. The Balaban J connectivity index is 2.09. The second kappa shape index (κ2) is 5.07. The summed E-state index contributed by atoms with van der Waals surface area (Å²) < 4.78 is 40.8. The Morgan fingerprint density at radius 3 is 1.83 bits per heavy atom.